The van der Waals surface area contributed by atoms with E-state index in [1.165, 1.54) is 18.6 Å². The van der Waals surface area contributed by atoms with Gasteiger partial charge < -0.3 is 4.57 Å². The molecule has 0 aliphatic heterocycles. The second-order valence-corrected chi connectivity index (χ2v) is 6.09. The van der Waals surface area contributed by atoms with E-state index in [0.29, 0.717) is 16.7 Å². The average Bonchev–Trinajstić information content (AvgIpc) is 2.94. The third-order valence-electron chi connectivity index (χ3n) is 3.11. The first kappa shape index (κ1) is 16.0. The predicted molar refractivity (Wildman–Crippen MR) is 86.5 cm³/mol. The van der Waals surface area contributed by atoms with Crippen molar-refractivity contribution in [3.63, 3.8) is 0 Å². The zero-order chi connectivity index (χ0) is 16.4. The van der Waals surface area contributed by atoms with E-state index in [4.69, 9.17) is 11.6 Å². The highest BCUT2D eigenvalue weighted by molar-refractivity contribution is 9.10. The number of imidazole rings is 1. The van der Waals surface area contributed by atoms with E-state index in [1.54, 1.807) is 16.7 Å². The van der Waals surface area contributed by atoms with Gasteiger partial charge in [0, 0.05) is 28.6 Å². The number of alkyl halides is 2. The molecule has 3 rings (SSSR count). The Morgan fingerprint density at radius 3 is 2.39 bits per heavy atom. The first-order chi connectivity index (χ1) is 11.0. The first-order valence-electron chi connectivity index (χ1n) is 6.60. The van der Waals surface area contributed by atoms with Gasteiger partial charge in [0.25, 0.3) is 6.43 Å². The van der Waals surface area contributed by atoms with Crippen LogP contribution in [-0.2, 0) is 6.54 Å². The molecule has 0 unspecified atom stereocenters. The molecule has 0 saturated carbocycles. The molecule has 0 spiro atoms. The Hall–Kier alpha value is -1.86. The molecule has 2 heterocycles. The molecule has 0 atom stereocenters. The molecule has 0 N–H and O–H groups in total. The molecule has 4 nitrogen and oxygen atoms in total. The molecule has 1 aromatic carbocycles. The molecule has 3 aromatic rings. The van der Waals surface area contributed by atoms with Crippen LogP contribution in [0.2, 0.25) is 5.02 Å². The van der Waals surface area contributed by atoms with Crippen LogP contribution in [0.1, 0.15) is 17.9 Å². The fraction of sp³-hybridized carbons (Fsp3) is 0.133. The molecule has 0 amide bonds. The van der Waals surface area contributed by atoms with Gasteiger partial charge in [-0.1, -0.05) is 39.7 Å². The fourth-order valence-corrected chi connectivity index (χ4v) is 2.43. The Morgan fingerprint density at radius 1 is 1.13 bits per heavy atom. The van der Waals surface area contributed by atoms with Crippen molar-refractivity contribution in [1.82, 2.24) is 19.5 Å². The lowest BCUT2D eigenvalue weighted by Gasteiger charge is -2.07. The van der Waals surface area contributed by atoms with Gasteiger partial charge in [0.05, 0.1) is 11.6 Å². The van der Waals surface area contributed by atoms with Crippen LogP contribution in [0.3, 0.4) is 0 Å². The number of benzene rings is 1. The molecule has 0 fully saturated rings. The van der Waals surface area contributed by atoms with Gasteiger partial charge >= 0.3 is 0 Å². The summed E-state index contributed by atoms with van der Waals surface area (Å²) in [6.45, 7) is 0.224. The van der Waals surface area contributed by atoms with Crippen LogP contribution in [0, 0.1) is 0 Å². The van der Waals surface area contributed by atoms with Crippen molar-refractivity contribution < 1.29 is 8.78 Å². The third-order valence-corrected chi connectivity index (χ3v) is 3.83. The minimum absolute atomic E-state index is 0.224. The SMILES string of the molecule is FC(F)c1cn(Cc2ncc(Cl)cn2)c(-c2ccc(Br)cc2)n1. The topological polar surface area (TPSA) is 43.6 Å². The smallest absolute Gasteiger partial charge is 0.281 e. The standard InChI is InChI=1S/C15H10BrClF2N4/c16-10-3-1-9(2-4-10)15-22-12(14(18)19)7-23(15)8-13-20-5-11(17)6-21-13/h1-7,14H,8H2. The Balaban J connectivity index is 2.00. The van der Waals surface area contributed by atoms with Crippen molar-refractivity contribution in [3.05, 3.63) is 63.9 Å². The minimum atomic E-state index is -2.64. The number of halogens is 4. The van der Waals surface area contributed by atoms with E-state index < -0.39 is 6.43 Å². The van der Waals surface area contributed by atoms with Gasteiger partial charge in [-0.3, -0.25) is 0 Å². The second kappa shape index (κ2) is 6.72. The third kappa shape index (κ3) is 3.73. The number of aromatic nitrogens is 4. The molecule has 0 aliphatic carbocycles. The summed E-state index contributed by atoms with van der Waals surface area (Å²) in [6.07, 6.45) is 1.61. The van der Waals surface area contributed by atoms with E-state index in [-0.39, 0.29) is 12.2 Å². The van der Waals surface area contributed by atoms with Crippen molar-refractivity contribution in [2.75, 3.05) is 0 Å². The van der Waals surface area contributed by atoms with Crippen LogP contribution in [0.4, 0.5) is 8.78 Å². The molecule has 0 radical (unpaired) electrons. The van der Waals surface area contributed by atoms with Crippen LogP contribution in [-0.4, -0.2) is 19.5 Å². The molecule has 0 bridgehead atoms. The molecular weight excluding hydrogens is 390 g/mol. The Kier molecular flexibility index (Phi) is 4.68. The van der Waals surface area contributed by atoms with Gasteiger partial charge in [0.1, 0.15) is 17.3 Å². The molecule has 0 saturated heterocycles. The number of nitrogens with zero attached hydrogens (tertiary/aromatic N) is 4. The van der Waals surface area contributed by atoms with Crippen LogP contribution in [0.5, 0.6) is 0 Å². The zero-order valence-electron chi connectivity index (χ0n) is 11.6. The highest BCUT2D eigenvalue weighted by Crippen LogP contribution is 2.26. The van der Waals surface area contributed by atoms with E-state index in [1.807, 2.05) is 12.1 Å². The van der Waals surface area contributed by atoms with E-state index in [2.05, 4.69) is 30.9 Å². The fourth-order valence-electron chi connectivity index (χ4n) is 2.06. The van der Waals surface area contributed by atoms with Gasteiger partial charge in [-0.05, 0) is 12.1 Å². The minimum Gasteiger partial charge on any atom is -0.323 e. The first-order valence-corrected chi connectivity index (χ1v) is 7.77. The van der Waals surface area contributed by atoms with Crippen molar-refractivity contribution in [2.24, 2.45) is 0 Å². The van der Waals surface area contributed by atoms with Gasteiger partial charge in [-0.2, -0.15) is 0 Å². The van der Waals surface area contributed by atoms with Crippen LogP contribution < -0.4 is 0 Å². The van der Waals surface area contributed by atoms with Crippen molar-refractivity contribution in [1.29, 1.82) is 0 Å². The average molecular weight is 400 g/mol. The summed E-state index contributed by atoms with van der Waals surface area (Å²) in [7, 11) is 0. The van der Waals surface area contributed by atoms with Gasteiger partial charge in [-0.25, -0.2) is 23.7 Å². The summed E-state index contributed by atoms with van der Waals surface area (Å²) in [5, 5.41) is 0.417. The van der Waals surface area contributed by atoms with Crippen LogP contribution >= 0.6 is 27.5 Å². The van der Waals surface area contributed by atoms with Crippen molar-refractivity contribution in [3.8, 4) is 11.4 Å². The Labute approximate surface area is 144 Å². The summed E-state index contributed by atoms with van der Waals surface area (Å²) >= 11 is 9.10. The number of hydrogen-bond donors (Lipinski definition) is 0. The molecule has 23 heavy (non-hydrogen) atoms. The maximum Gasteiger partial charge on any atom is 0.281 e. The summed E-state index contributed by atoms with van der Waals surface area (Å²) in [5.74, 6) is 0.900. The highest BCUT2D eigenvalue weighted by Gasteiger charge is 2.17. The molecule has 0 aliphatic rings. The summed E-state index contributed by atoms with van der Waals surface area (Å²) in [6, 6.07) is 7.27. The predicted octanol–water partition coefficient (Wildman–Crippen LogP) is 4.74. The lowest BCUT2D eigenvalue weighted by Crippen LogP contribution is -2.04. The van der Waals surface area contributed by atoms with Gasteiger partial charge in [0.15, 0.2) is 0 Å². The number of hydrogen-bond acceptors (Lipinski definition) is 3. The zero-order valence-corrected chi connectivity index (χ0v) is 14.0. The van der Waals surface area contributed by atoms with Gasteiger partial charge in [0.2, 0.25) is 0 Å². The Morgan fingerprint density at radius 2 is 1.78 bits per heavy atom. The summed E-state index contributed by atoms with van der Waals surface area (Å²) in [5.41, 5.74) is 0.450. The lowest BCUT2D eigenvalue weighted by molar-refractivity contribution is 0.146. The highest BCUT2D eigenvalue weighted by atomic mass is 79.9. The maximum absolute atomic E-state index is 13.0. The largest absolute Gasteiger partial charge is 0.323 e. The molecule has 8 heteroatoms. The summed E-state index contributed by atoms with van der Waals surface area (Å²) < 4.78 is 28.5. The quantitative estimate of drug-likeness (QED) is 0.636. The monoisotopic (exact) mass is 398 g/mol. The molecule has 118 valence electrons. The lowest BCUT2D eigenvalue weighted by atomic mass is 10.2. The van der Waals surface area contributed by atoms with Crippen LogP contribution in [0.25, 0.3) is 11.4 Å². The van der Waals surface area contributed by atoms with E-state index >= 15 is 0 Å². The molecular formula is C15H10BrClF2N4. The maximum atomic E-state index is 13.0. The Bertz CT molecular complexity index is 803. The van der Waals surface area contributed by atoms with E-state index in [0.717, 1.165) is 10.0 Å². The van der Waals surface area contributed by atoms with Gasteiger partial charge in [-0.15, -0.1) is 0 Å². The normalized spacial score (nSPS) is 11.2. The number of rotatable bonds is 4. The van der Waals surface area contributed by atoms with E-state index in [9.17, 15) is 8.78 Å². The second-order valence-electron chi connectivity index (χ2n) is 4.74. The van der Waals surface area contributed by atoms with Crippen LogP contribution in [0.15, 0.2) is 47.3 Å². The van der Waals surface area contributed by atoms with Crippen molar-refractivity contribution >= 4 is 27.5 Å². The summed E-state index contributed by atoms with van der Waals surface area (Å²) in [4.78, 5) is 12.2. The molecule has 2 aromatic heterocycles. The van der Waals surface area contributed by atoms with Crippen molar-refractivity contribution in [2.45, 2.75) is 13.0 Å².